The first-order chi connectivity index (χ1) is 9.49. The zero-order valence-corrected chi connectivity index (χ0v) is 11.4. The lowest BCUT2D eigenvalue weighted by atomic mass is 9.92. The molecule has 0 amide bonds. The summed E-state index contributed by atoms with van der Waals surface area (Å²) < 4.78 is 0. The van der Waals surface area contributed by atoms with Crippen molar-refractivity contribution in [2.75, 3.05) is 6.54 Å². The Morgan fingerprint density at radius 1 is 1.55 bits per heavy atom. The van der Waals surface area contributed by atoms with Crippen LogP contribution in [0.2, 0.25) is 0 Å². The predicted molar refractivity (Wildman–Crippen MR) is 73.4 cm³/mol. The molecule has 1 aliphatic heterocycles. The Morgan fingerprint density at radius 3 is 2.90 bits per heavy atom. The molecule has 6 nitrogen and oxygen atoms in total. The number of nitro groups is 1. The molecule has 108 valence electrons. The van der Waals surface area contributed by atoms with Gasteiger partial charge in [-0.1, -0.05) is 19.1 Å². The second-order valence-electron chi connectivity index (χ2n) is 5.14. The van der Waals surface area contributed by atoms with Crippen LogP contribution in [0.4, 0.5) is 5.69 Å². The fourth-order valence-corrected chi connectivity index (χ4v) is 2.95. The highest BCUT2D eigenvalue weighted by molar-refractivity contribution is 5.79. The average molecular weight is 278 g/mol. The third kappa shape index (κ3) is 2.51. The Morgan fingerprint density at radius 2 is 2.30 bits per heavy atom. The van der Waals surface area contributed by atoms with E-state index in [2.05, 4.69) is 0 Å². The van der Waals surface area contributed by atoms with E-state index < -0.39 is 16.4 Å². The van der Waals surface area contributed by atoms with Gasteiger partial charge >= 0.3 is 5.97 Å². The van der Waals surface area contributed by atoms with Gasteiger partial charge in [-0.3, -0.25) is 19.8 Å². The van der Waals surface area contributed by atoms with Gasteiger partial charge < -0.3 is 5.11 Å². The second kappa shape index (κ2) is 5.58. The highest BCUT2D eigenvalue weighted by atomic mass is 16.6. The monoisotopic (exact) mass is 278 g/mol. The van der Waals surface area contributed by atoms with Crippen molar-refractivity contribution in [3.63, 3.8) is 0 Å². The lowest BCUT2D eigenvalue weighted by Gasteiger charge is -2.33. The standard InChI is InChI=1S/C14H18N2O4/c1-2-14(13(17)18)7-4-8-15(14)10-11-5-3-6-12(9-11)16(19)20/h3,5-6,9H,2,4,7-8,10H2,1H3,(H,17,18). The molecule has 1 aliphatic rings. The maximum Gasteiger partial charge on any atom is 0.324 e. The van der Waals surface area contributed by atoms with E-state index in [1.165, 1.54) is 12.1 Å². The van der Waals surface area contributed by atoms with E-state index in [1.807, 2.05) is 11.8 Å². The first-order valence-corrected chi connectivity index (χ1v) is 6.71. The predicted octanol–water partition coefficient (Wildman–Crippen LogP) is 2.42. The van der Waals surface area contributed by atoms with Gasteiger partial charge in [-0.25, -0.2) is 0 Å². The summed E-state index contributed by atoms with van der Waals surface area (Å²) in [6.45, 7) is 3.02. The van der Waals surface area contributed by atoms with Crippen molar-refractivity contribution in [2.45, 2.75) is 38.3 Å². The minimum atomic E-state index is -0.829. The first-order valence-electron chi connectivity index (χ1n) is 6.71. The van der Waals surface area contributed by atoms with Gasteiger partial charge in [-0.05, 0) is 31.4 Å². The molecule has 1 heterocycles. The van der Waals surface area contributed by atoms with Crippen molar-refractivity contribution in [3.8, 4) is 0 Å². The molecule has 1 fully saturated rings. The smallest absolute Gasteiger partial charge is 0.324 e. The molecular weight excluding hydrogens is 260 g/mol. The number of benzene rings is 1. The summed E-state index contributed by atoms with van der Waals surface area (Å²) in [5.74, 6) is -0.803. The minimum absolute atomic E-state index is 0.0409. The Labute approximate surface area is 117 Å². The van der Waals surface area contributed by atoms with Gasteiger partial charge in [0.1, 0.15) is 5.54 Å². The molecule has 0 aliphatic carbocycles. The van der Waals surface area contributed by atoms with Gasteiger partial charge in [-0.15, -0.1) is 0 Å². The number of aliphatic carboxylic acids is 1. The number of likely N-dealkylation sites (tertiary alicyclic amines) is 1. The SMILES string of the molecule is CCC1(C(=O)O)CCCN1Cc1cccc([N+](=O)[O-])c1. The normalized spacial score (nSPS) is 22.9. The molecular formula is C14H18N2O4. The minimum Gasteiger partial charge on any atom is -0.480 e. The summed E-state index contributed by atoms with van der Waals surface area (Å²) in [4.78, 5) is 23.9. The third-order valence-electron chi connectivity index (χ3n) is 4.10. The van der Waals surface area contributed by atoms with Crippen molar-refractivity contribution in [1.29, 1.82) is 0 Å². The number of nitro benzene ring substituents is 1. The van der Waals surface area contributed by atoms with Gasteiger partial charge in [0, 0.05) is 18.7 Å². The lowest BCUT2D eigenvalue weighted by molar-refractivity contribution is -0.384. The van der Waals surface area contributed by atoms with E-state index in [4.69, 9.17) is 0 Å². The van der Waals surface area contributed by atoms with E-state index in [0.29, 0.717) is 25.9 Å². The van der Waals surface area contributed by atoms with Crippen molar-refractivity contribution < 1.29 is 14.8 Å². The van der Waals surface area contributed by atoms with Crippen LogP contribution in [0, 0.1) is 10.1 Å². The molecule has 1 aromatic carbocycles. The summed E-state index contributed by atoms with van der Waals surface area (Å²) in [5, 5.41) is 20.3. The Kier molecular flexibility index (Phi) is 4.04. The molecule has 1 aromatic rings. The highest BCUT2D eigenvalue weighted by Gasteiger charge is 2.45. The topological polar surface area (TPSA) is 83.7 Å². The van der Waals surface area contributed by atoms with E-state index in [1.54, 1.807) is 12.1 Å². The van der Waals surface area contributed by atoms with E-state index in [0.717, 1.165) is 12.0 Å². The summed E-state index contributed by atoms with van der Waals surface area (Å²) in [7, 11) is 0. The molecule has 1 unspecified atom stereocenters. The Bertz CT molecular complexity index is 532. The quantitative estimate of drug-likeness (QED) is 0.660. The van der Waals surface area contributed by atoms with E-state index >= 15 is 0 Å². The molecule has 1 N–H and O–H groups in total. The Hall–Kier alpha value is -1.95. The summed E-state index contributed by atoms with van der Waals surface area (Å²) in [6, 6.07) is 6.39. The van der Waals surface area contributed by atoms with Gasteiger partial charge in [0.05, 0.1) is 4.92 Å². The Balaban J connectivity index is 2.22. The highest BCUT2D eigenvalue weighted by Crippen LogP contribution is 2.34. The number of hydrogen-bond donors (Lipinski definition) is 1. The summed E-state index contributed by atoms with van der Waals surface area (Å²) >= 11 is 0. The van der Waals surface area contributed by atoms with E-state index in [9.17, 15) is 20.0 Å². The maximum atomic E-state index is 11.6. The molecule has 0 radical (unpaired) electrons. The molecule has 0 saturated carbocycles. The van der Waals surface area contributed by atoms with Gasteiger partial charge in [-0.2, -0.15) is 0 Å². The van der Waals surface area contributed by atoms with Gasteiger partial charge in [0.25, 0.3) is 5.69 Å². The molecule has 6 heteroatoms. The fraction of sp³-hybridized carbons (Fsp3) is 0.500. The van der Waals surface area contributed by atoms with Crippen LogP contribution in [0.15, 0.2) is 24.3 Å². The van der Waals surface area contributed by atoms with E-state index in [-0.39, 0.29) is 5.69 Å². The molecule has 0 bridgehead atoms. The molecule has 2 rings (SSSR count). The largest absolute Gasteiger partial charge is 0.480 e. The van der Waals surface area contributed by atoms with Crippen molar-refractivity contribution >= 4 is 11.7 Å². The van der Waals surface area contributed by atoms with Crippen LogP contribution in [0.1, 0.15) is 31.7 Å². The molecule has 0 aromatic heterocycles. The van der Waals surface area contributed by atoms with Crippen LogP contribution in [0.25, 0.3) is 0 Å². The molecule has 0 spiro atoms. The summed E-state index contributed by atoms with van der Waals surface area (Å²) in [5.41, 5.74) is -0.00996. The van der Waals surface area contributed by atoms with Crippen LogP contribution < -0.4 is 0 Å². The lowest BCUT2D eigenvalue weighted by Crippen LogP contribution is -2.49. The number of nitrogens with zero attached hydrogens (tertiary/aromatic N) is 2. The number of rotatable bonds is 5. The number of carboxylic acid groups (broad SMARTS) is 1. The van der Waals surface area contributed by atoms with Gasteiger partial charge in [0.15, 0.2) is 0 Å². The van der Waals surface area contributed by atoms with Crippen LogP contribution in [0.5, 0.6) is 0 Å². The zero-order chi connectivity index (χ0) is 14.8. The zero-order valence-electron chi connectivity index (χ0n) is 11.4. The van der Waals surface area contributed by atoms with Crippen LogP contribution >= 0.6 is 0 Å². The number of non-ortho nitro benzene ring substituents is 1. The van der Waals surface area contributed by atoms with Crippen LogP contribution in [0.3, 0.4) is 0 Å². The first kappa shape index (κ1) is 14.5. The maximum absolute atomic E-state index is 11.6. The number of carboxylic acids is 1. The van der Waals surface area contributed by atoms with Crippen molar-refractivity contribution in [1.82, 2.24) is 4.90 Å². The second-order valence-corrected chi connectivity index (χ2v) is 5.14. The molecule has 20 heavy (non-hydrogen) atoms. The fourth-order valence-electron chi connectivity index (χ4n) is 2.95. The van der Waals surface area contributed by atoms with Gasteiger partial charge in [0.2, 0.25) is 0 Å². The van der Waals surface area contributed by atoms with Crippen LogP contribution in [-0.4, -0.2) is 33.0 Å². The van der Waals surface area contributed by atoms with Crippen molar-refractivity contribution in [3.05, 3.63) is 39.9 Å². The summed E-state index contributed by atoms with van der Waals surface area (Å²) in [6.07, 6.45) is 2.01. The number of carbonyl (C=O) groups is 1. The van der Waals surface area contributed by atoms with Crippen molar-refractivity contribution in [2.24, 2.45) is 0 Å². The third-order valence-corrected chi connectivity index (χ3v) is 4.10. The molecule has 1 saturated heterocycles. The van der Waals surface area contributed by atoms with Crippen LogP contribution in [-0.2, 0) is 11.3 Å². The average Bonchev–Trinajstić information content (AvgIpc) is 2.83. The number of hydrogen-bond acceptors (Lipinski definition) is 4. The molecule has 1 atom stereocenters.